The van der Waals surface area contributed by atoms with Crippen LogP contribution in [-0.4, -0.2) is 42.0 Å². The minimum atomic E-state index is -0.217. The van der Waals surface area contributed by atoms with Gasteiger partial charge >= 0.3 is 0 Å². The number of rotatable bonds is 3. The fourth-order valence-corrected chi connectivity index (χ4v) is 6.99. The first-order valence-corrected chi connectivity index (χ1v) is 11.2. The summed E-state index contributed by atoms with van der Waals surface area (Å²) in [6.07, 6.45) is 8.28. The Labute approximate surface area is 169 Å². The minimum absolute atomic E-state index is 0.217. The van der Waals surface area contributed by atoms with E-state index in [0.717, 1.165) is 41.8 Å². The number of fused-ring (bicyclic) bond motifs is 1. The molecule has 5 heteroatoms. The number of Topliss-reactive ketones (excluding diaryl/α,β-unsaturated/α-hetero) is 1. The Bertz CT molecular complexity index is 790. The maximum Gasteiger partial charge on any atom is 0.161 e. The van der Waals surface area contributed by atoms with E-state index in [1.54, 1.807) is 7.11 Å². The van der Waals surface area contributed by atoms with Gasteiger partial charge in [0, 0.05) is 40.9 Å². The second-order valence-electron chi connectivity index (χ2n) is 9.09. The summed E-state index contributed by atoms with van der Waals surface area (Å²) in [7, 11) is 1.60. The highest BCUT2D eigenvalue weighted by Crippen LogP contribution is 2.59. The van der Waals surface area contributed by atoms with Crippen LogP contribution < -0.4 is 4.74 Å². The zero-order chi connectivity index (χ0) is 18.8. The van der Waals surface area contributed by atoms with Crippen LogP contribution in [0, 0.1) is 11.8 Å². The maximum atomic E-state index is 12.5. The van der Waals surface area contributed by atoms with Crippen molar-refractivity contribution in [1.82, 2.24) is 4.90 Å². The summed E-state index contributed by atoms with van der Waals surface area (Å²) < 4.78 is 6.47. The van der Waals surface area contributed by atoms with Crippen molar-refractivity contribution in [2.45, 2.75) is 62.8 Å². The number of methoxy groups -OCH3 is 1. The third kappa shape index (κ3) is 2.61. The molecule has 5 rings (SSSR count). The number of hydrogen-bond acceptors (Lipinski definition) is 4. The molecule has 4 aliphatic rings. The van der Waals surface area contributed by atoms with Gasteiger partial charge in [0.2, 0.25) is 0 Å². The number of aromatic hydroxyl groups is 1. The van der Waals surface area contributed by atoms with Crippen molar-refractivity contribution in [3.63, 3.8) is 0 Å². The van der Waals surface area contributed by atoms with Gasteiger partial charge in [0.15, 0.2) is 11.5 Å². The molecule has 2 bridgehead atoms. The van der Waals surface area contributed by atoms with Gasteiger partial charge in [-0.3, -0.25) is 9.69 Å². The molecular weight excluding hydrogens is 406 g/mol. The molecule has 0 spiro atoms. The van der Waals surface area contributed by atoms with Gasteiger partial charge in [-0.05, 0) is 62.1 Å². The standard InChI is InChI=1S/C22H28BrNO3/c1-27-19-10-17(23)15-9-18-16-6-5-14(25)11-22(16,20(15)21(19)26)7-8-24(18)12-13-3-2-4-13/h10,13,16,18,26H,2-9,11-12H2,1H3/t16?,18?,22-/m1/s1. The van der Waals surface area contributed by atoms with Gasteiger partial charge in [-0.15, -0.1) is 0 Å². The summed E-state index contributed by atoms with van der Waals surface area (Å²) in [4.78, 5) is 15.3. The van der Waals surface area contributed by atoms with Crippen LogP contribution in [0.1, 0.15) is 56.1 Å². The van der Waals surface area contributed by atoms with Crippen molar-refractivity contribution in [3.05, 3.63) is 21.7 Å². The first-order valence-electron chi connectivity index (χ1n) is 10.4. The van der Waals surface area contributed by atoms with E-state index < -0.39 is 0 Å². The normalized spacial score (nSPS) is 33.2. The van der Waals surface area contributed by atoms with E-state index in [9.17, 15) is 9.90 Å². The molecule has 4 nitrogen and oxygen atoms in total. The lowest BCUT2D eigenvalue weighted by Gasteiger charge is -2.59. The summed E-state index contributed by atoms with van der Waals surface area (Å²) in [6.45, 7) is 2.25. The largest absolute Gasteiger partial charge is 0.504 e. The van der Waals surface area contributed by atoms with Crippen LogP contribution in [-0.2, 0) is 16.6 Å². The number of phenolic OH excluding ortho intramolecular Hbond substituents is 1. The Balaban J connectivity index is 1.63. The summed E-state index contributed by atoms with van der Waals surface area (Å²) in [5, 5.41) is 11.1. The van der Waals surface area contributed by atoms with E-state index in [1.165, 1.54) is 31.4 Å². The Kier molecular flexibility index (Phi) is 4.32. The summed E-state index contributed by atoms with van der Waals surface area (Å²) in [5.41, 5.74) is 1.99. The first kappa shape index (κ1) is 18.0. The van der Waals surface area contributed by atoms with Gasteiger partial charge < -0.3 is 9.84 Å². The lowest BCUT2D eigenvalue weighted by molar-refractivity contribution is -0.127. The lowest BCUT2D eigenvalue weighted by Crippen LogP contribution is -2.62. The van der Waals surface area contributed by atoms with Crippen LogP contribution in [0.5, 0.6) is 11.5 Å². The number of ether oxygens (including phenoxy) is 1. The van der Waals surface area contributed by atoms with Crippen molar-refractivity contribution < 1.29 is 14.6 Å². The molecule has 1 aromatic rings. The number of phenols is 1. The molecule has 1 N–H and O–H groups in total. The Hall–Kier alpha value is -1.07. The van der Waals surface area contributed by atoms with Crippen molar-refractivity contribution in [2.75, 3.05) is 20.2 Å². The second-order valence-corrected chi connectivity index (χ2v) is 9.95. The molecule has 1 aliphatic heterocycles. The number of carbonyl (C=O) groups excluding carboxylic acids is 1. The number of nitrogens with zero attached hydrogens (tertiary/aromatic N) is 1. The summed E-state index contributed by atoms with van der Waals surface area (Å²) in [6, 6.07) is 2.38. The van der Waals surface area contributed by atoms with E-state index >= 15 is 0 Å². The molecule has 27 heavy (non-hydrogen) atoms. The van der Waals surface area contributed by atoms with Crippen molar-refractivity contribution in [1.29, 1.82) is 0 Å². The predicted molar refractivity (Wildman–Crippen MR) is 107 cm³/mol. The molecule has 3 aliphatic carbocycles. The van der Waals surface area contributed by atoms with Gasteiger partial charge in [-0.25, -0.2) is 0 Å². The van der Waals surface area contributed by atoms with E-state index in [4.69, 9.17) is 4.74 Å². The third-order valence-electron chi connectivity index (χ3n) is 7.90. The molecule has 0 amide bonds. The molecular formula is C22H28BrNO3. The molecule has 0 aromatic heterocycles. The molecule has 2 saturated carbocycles. The van der Waals surface area contributed by atoms with E-state index in [1.807, 2.05) is 6.07 Å². The summed E-state index contributed by atoms with van der Waals surface area (Å²) >= 11 is 3.75. The van der Waals surface area contributed by atoms with Gasteiger partial charge in [0.05, 0.1) is 7.11 Å². The van der Waals surface area contributed by atoms with Gasteiger partial charge in [0.1, 0.15) is 5.78 Å². The fourth-order valence-electron chi connectivity index (χ4n) is 6.42. The highest BCUT2D eigenvalue weighted by Gasteiger charge is 2.57. The van der Waals surface area contributed by atoms with E-state index in [0.29, 0.717) is 36.3 Å². The molecule has 3 atom stereocenters. The Morgan fingerprint density at radius 3 is 2.89 bits per heavy atom. The number of benzene rings is 1. The molecule has 0 radical (unpaired) electrons. The Morgan fingerprint density at radius 1 is 1.37 bits per heavy atom. The van der Waals surface area contributed by atoms with Crippen LogP contribution in [0.4, 0.5) is 0 Å². The van der Waals surface area contributed by atoms with Gasteiger partial charge in [-0.1, -0.05) is 22.4 Å². The van der Waals surface area contributed by atoms with Crippen molar-refractivity contribution in [3.8, 4) is 11.5 Å². The number of carbonyl (C=O) groups is 1. The summed E-state index contributed by atoms with van der Waals surface area (Å²) in [5.74, 6) is 2.45. The quantitative estimate of drug-likeness (QED) is 0.775. The third-order valence-corrected chi connectivity index (χ3v) is 8.61. The van der Waals surface area contributed by atoms with Crippen molar-refractivity contribution >= 4 is 21.7 Å². The van der Waals surface area contributed by atoms with Crippen LogP contribution in [0.2, 0.25) is 0 Å². The highest BCUT2D eigenvalue weighted by molar-refractivity contribution is 9.10. The first-order chi connectivity index (χ1) is 13.0. The molecule has 3 fully saturated rings. The van der Waals surface area contributed by atoms with Crippen molar-refractivity contribution in [2.24, 2.45) is 11.8 Å². The molecule has 146 valence electrons. The van der Waals surface area contributed by atoms with Crippen LogP contribution in [0.15, 0.2) is 10.5 Å². The fraction of sp³-hybridized carbons (Fsp3) is 0.682. The molecule has 1 saturated heterocycles. The minimum Gasteiger partial charge on any atom is -0.504 e. The number of ketones is 1. The molecule has 1 aromatic carbocycles. The number of halogens is 1. The second kappa shape index (κ2) is 6.48. The zero-order valence-corrected chi connectivity index (χ0v) is 17.6. The number of piperidine rings is 1. The Morgan fingerprint density at radius 2 is 2.19 bits per heavy atom. The zero-order valence-electron chi connectivity index (χ0n) is 16.0. The monoisotopic (exact) mass is 433 g/mol. The number of likely N-dealkylation sites (tertiary alicyclic amines) is 1. The van der Waals surface area contributed by atoms with Gasteiger partial charge in [-0.2, -0.15) is 0 Å². The topological polar surface area (TPSA) is 49.8 Å². The SMILES string of the molecule is COc1cc(Br)c2c(c1O)[C@@]13CCN(CC4CCC4)C(C2)C1CCC(=O)C3. The van der Waals surface area contributed by atoms with Crippen LogP contribution in [0.25, 0.3) is 0 Å². The average Bonchev–Trinajstić information content (AvgIpc) is 2.61. The maximum absolute atomic E-state index is 12.5. The lowest BCUT2D eigenvalue weighted by atomic mass is 9.51. The predicted octanol–water partition coefficient (Wildman–Crippen LogP) is 4.20. The highest BCUT2D eigenvalue weighted by atomic mass is 79.9. The average molecular weight is 434 g/mol. The smallest absolute Gasteiger partial charge is 0.161 e. The van der Waals surface area contributed by atoms with Crippen LogP contribution in [0.3, 0.4) is 0 Å². The van der Waals surface area contributed by atoms with E-state index in [2.05, 4.69) is 20.8 Å². The molecule has 1 heterocycles. The van der Waals surface area contributed by atoms with Gasteiger partial charge in [0.25, 0.3) is 0 Å². The number of hydrogen-bond donors (Lipinski definition) is 1. The van der Waals surface area contributed by atoms with Crippen LogP contribution >= 0.6 is 15.9 Å². The molecule has 2 unspecified atom stereocenters. The van der Waals surface area contributed by atoms with E-state index in [-0.39, 0.29) is 11.2 Å².